The quantitative estimate of drug-likeness (QED) is 0.334. The first-order valence-electron chi connectivity index (χ1n) is 17.2. The molecule has 4 rings (SSSR count). The predicted octanol–water partition coefficient (Wildman–Crippen LogP) is 4.21. The number of fused-ring (bicyclic) bond motifs is 1. The molecule has 2 aliphatic rings. The number of nitrogens with zero attached hydrogens (tertiary/aromatic N) is 1. The van der Waals surface area contributed by atoms with Gasteiger partial charge in [0, 0.05) is 30.2 Å². The second-order valence-corrected chi connectivity index (χ2v) is 11.9. The monoisotopic (exact) mass is 568 g/mol. The lowest BCUT2D eigenvalue weighted by atomic mass is 9.90. The Labute approximate surface area is 245 Å². The molecule has 0 unspecified atom stereocenters. The number of ether oxygens (including phenoxy) is 4. The molecule has 0 bridgehead atoms. The lowest BCUT2D eigenvalue weighted by Crippen LogP contribution is -2.44. The van der Waals surface area contributed by atoms with Gasteiger partial charge in [-0.15, -0.1) is 0 Å². The fourth-order valence-electron chi connectivity index (χ4n) is 4.44. The van der Waals surface area contributed by atoms with Crippen LogP contribution in [0.3, 0.4) is 0 Å². The fraction of sp³-hybridized carbons (Fsp3) is 0.567. The summed E-state index contributed by atoms with van der Waals surface area (Å²) in [4.78, 5) is 13.7. The van der Waals surface area contributed by atoms with Gasteiger partial charge < -0.3 is 18.9 Å². The lowest BCUT2D eigenvalue weighted by molar-refractivity contribution is -0.153. The molecule has 2 heterocycles. The summed E-state index contributed by atoms with van der Waals surface area (Å²) in [5.74, 6) is -5.83. The molecule has 0 spiro atoms. The average Bonchev–Trinajstić information content (AvgIpc) is 3.16. The van der Waals surface area contributed by atoms with E-state index < -0.39 is 72.2 Å². The maximum Gasteiger partial charge on any atom is 0.306 e. The molecule has 0 saturated carbocycles. The summed E-state index contributed by atoms with van der Waals surface area (Å²) in [6.07, 6.45) is -12.0. The van der Waals surface area contributed by atoms with Gasteiger partial charge in [0.05, 0.1) is 44.7 Å². The number of carbonyl (C=O) groups excluding carboxylic acids is 1. The van der Waals surface area contributed by atoms with Crippen molar-refractivity contribution in [2.24, 2.45) is 17.7 Å². The normalized spacial score (nSPS) is 35.6. The Morgan fingerprint density at radius 3 is 2.51 bits per heavy atom. The van der Waals surface area contributed by atoms with Crippen LogP contribution in [0, 0.1) is 24.7 Å². The number of rotatable bonds is 13. The van der Waals surface area contributed by atoms with Crippen molar-refractivity contribution >= 4 is 16.0 Å². The molecule has 0 amide bonds. The minimum absolute atomic E-state index is 0.0646. The van der Waals surface area contributed by atoms with E-state index in [1.165, 1.54) is 23.5 Å². The third-order valence-electron chi connectivity index (χ3n) is 6.41. The van der Waals surface area contributed by atoms with Crippen LogP contribution in [0.4, 0.5) is 0 Å². The molecule has 2 fully saturated rings. The molecule has 0 radical (unpaired) electrons. The Bertz CT molecular complexity index is 1580. The lowest BCUT2D eigenvalue weighted by Gasteiger charge is -2.32. The molecular weight excluding hydrogens is 518 g/mol. The summed E-state index contributed by atoms with van der Waals surface area (Å²) in [5.41, 5.74) is 1.60. The molecule has 2 aliphatic heterocycles. The van der Waals surface area contributed by atoms with E-state index in [2.05, 4.69) is 0 Å². The molecule has 2 saturated heterocycles. The third-order valence-corrected chi connectivity index (χ3v) is 8.26. The number of hydrogen-bond acceptors (Lipinski definition) is 7. The van der Waals surface area contributed by atoms with Gasteiger partial charge in [-0.25, -0.2) is 8.42 Å². The van der Waals surface area contributed by atoms with Crippen LogP contribution in [0.15, 0.2) is 59.5 Å². The highest BCUT2D eigenvalue weighted by molar-refractivity contribution is 7.89. The second kappa shape index (κ2) is 13.4. The fourth-order valence-corrected chi connectivity index (χ4v) is 6.05. The van der Waals surface area contributed by atoms with E-state index >= 15 is 0 Å². The first-order valence-corrected chi connectivity index (χ1v) is 14.2. The number of esters is 1. The maximum absolute atomic E-state index is 13.8. The average molecular weight is 569 g/mol. The van der Waals surface area contributed by atoms with Gasteiger partial charge >= 0.3 is 5.97 Å². The number of carbonyl (C=O) groups is 1. The summed E-state index contributed by atoms with van der Waals surface area (Å²) in [6.45, 7) is -1.44. The van der Waals surface area contributed by atoms with Crippen LogP contribution in [0.5, 0.6) is 0 Å². The SMILES string of the molecule is [2H]C1([2H])O[C@]2([2H])OC([2H])([2H])[C@]([2H])(OC(=O)C[C@@H](Cc3ccccc3)[C@@H](CN(CC(C)C)S(=O)(=O)c3ccc(C)cc3)OC)[C@]2([2H])C1([2H])[2H]. The maximum atomic E-state index is 13.8. The third kappa shape index (κ3) is 7.67. The van der Waals surface area contributed by atoms with E-state index in [4.69, 9.17) is 31.3 Å². The molecule has 214 valence electrons. The van der Waals surface area contributed by atoms with Gasteiger partial charge in [-0.3, -0.25) is 4.79 Å². The zero-order chi connectivity index (χ0) is 36.1. The van der Waals surface area contributed by atoms with Crippen molar-refractivity contribution in [2.75, 3.05) is 33.3 Å². The van der Waals surface area contributed by atoms with Crippen LogP contribution in [-0.2, 0) is 40.2 Å². The van der Waals surface area contributed by atoms with Crippen molar-refractivity contribution in [3.8, 4) is 0 Å². The van der Waals surface area contributed by atoms with E-state index in [9.17, 15) is 13.2 Å². The van der Waals surface area contributed by atoms with Crippen molar-refractivity contribution < 1.29 is 44.5 Å². The van der Waals surface area contributed by atoms with Gasteiger partial charge in [-0.2, -0.15) is 4.31 Å². The largest absolute Gasteiger partial charge is 0.459 e. The second-order valence-electron chi connectivity index (χ2n) is 9.96. The molecule has 8 nitrogen and oxygen atoms in total. The Kier molecular flexibility index (Phi) is 6.76. The van der Waals surface area contributed by atoms with Gasteiger partial charge in [0.15, 0.2) is 6.27 Å². The van der Waals surface area contributed by atoms with Crippen molar-refractivity contribution in [1.29, 1.82) is 0 Å². The Balaban J connectivity index is 1.69. The smallest absolute Gasteiger partial charge is 0.306 e. The number of hydrogen-bond donors (Lipinski definition) is 0. The Hall–Kier alpha value is -2.30. The van der Waals surface area contributed by atoms with Gasteiger partial charge in [-0.1, -0.05) is 61.9 Å². The highest BCUT2D eigenvalue weighted by atomic mass is 32.2. The van der Waals surface area contributed by atoms with Crippen molar-refractivity contribution in [3.63, 3.8) is 0 Å². The molecule has 9 heteroatoms. The highest BCUT2D eigenvalue weighted by Gasteiger charge is 2.44. The van der Waals surface area contributed by atoms with Crippen LogP contribution in [0.2, 0.25) is 0 Å². The van der Waals surface area contributed by atoms with E-state index in [1.807, 2.05) is 20.8 Å². The van der Waals surface area contributed by atoms with E-state index in [0.717, 1.165) is 11.1 Å². The highest BCUT2D eigenvalue weighted by Crippen LogP contribution is 2.33. The molecular formula is C30H41NO7S. The van der Waals surface area contributed by atoms with Gasteiger partial charge in [-0.05, 0) is 43.3 Å². The number of methoxy groups -OCH3 is 1. The van der Waals surface area contributed by atoms with Gasteiger partial charge in [0.1, 0.15) is 6.08 Å². The van der Waals surface area contributed by atoms with Crippen LogP contribution in [-0.4, -0.2) is 70.5 Å². The minimum Gasteiger partial charge on any atom is -0.459 e. The van der Waals surface area contributed by atoms with Crippen molar-refractivity contribution in [2.45, 2.75) is 63.3 Å². The summed E-state index contributed by atoms with van der Waals surface area (Å²) in [7, 11) is -2.70. The molecule has 2 aromatic carbocycles. The van der Waals surface area contributed by atoms with E-state index in [1.54, 1.807) is 42.5 Å². The number of aryl methyl sites for hydroxylation is 1. The van der Waals surface area contributed by atoms with Crippen LogP contribution < -0.4 is 0 Å². The summed E-state index contributed by atoms with van der Waals surface area (Å²) >= 11 is 0. The number of benzene rings is 2. The van der Waals surface area contributed by atoms with Crippen LogP contribution >= 0.6 is 0 Å². The molecule has 0 N–H and O–H groups in total. The van der Waals surface area contributed by atoms with Crippen molar-refractivity contribution in [3.05, 3.63) is 65.7 Å². The summed E-state index contributed by atoms with van der Waals surface area (Å²) in [5, 5.41) is 0. The van der Waals surface area contributed by atoms with Gasteiger partial charge in [0.25, 0.3) is 0 Å². The zero-order valence-corrected chi connectivity index (χ0v) is 23.3. The molecule has 5 atom stereocenters. The Morgan fingerprint density at radius 1 is 1.13 bits per heavy atom. The van der Waals surface area contributed by atoms with Crippen molar-refractivity contribution in [1.82, 2.24) is 4.31 Å². The standard InChI is InChI=1S/C30H41NO7S/c1-21(2)18-31(39(33,34)25-12-10-22(3)11-13-25)19-27(35-4)24(16-23-8-6-5-7-9-23)17-29(32)38-28-20-37-30-26(28)14-15-36-30/h5-13,21,24,26-28,30H,14-20H2,1-4H3/t24-,26+,27-,28+,30-/m1/s1/i14D2,15D2,20D2,26D,28D,30D. The predicted molar refractivity (Wildman–Crippen MR) is 148 cm³/mol. The van der Waals surface area contributed by atoms with Crippen LogP contribution in [0.1, 0.15) is 50.1 Å². The molecule has 0 aromatic heterocycles. The van der Waals surface area contributed by atoms with Gasteiger partial charge in [0.2, 0.25) is 10.0 Å². The molecule has 2 aromatic rings. The first-order chi connectivity index (χ1) is 22.0. The Morgan fingerprint density at radius 2 is 1.85 bits per heavy atom. The van der Waals surface area contributed by atoms with E-state index in [-0.39, 0.29) is 30.3 Å². The molecule has 39 heavy (non-hydrogen) atoms. The number of sulfonamides is 1. The topological polar surface area (TPSA) is 91.4 Å². The minimum atomic E-state index is -4.04. The zero-order valence-electron chi connectivity index (χ0n) is 31.5. The molecule has 0 aliphatic carbocycles. The first kappa shape index (κ1) is 19.7. The van der Waals surface area contributed by atoms with Crippen LogP contribution in [0.25, 0.3) is 0 Å². The van der Waals surface area contributed by atoms with E-state index in [0.29, 0.717) is 0 Å². The summed E-state index contributed by atoms with van der Waals surface area (Å²) in [6, 6.07) is 15.2. The summed E-state index contributed by atoms with van der Waals surface area (Å²) < 4.78 is 125.